The van der Waals surface area contributed by atoms with Gasteiger partial charge in [-0.05, 0) is 13.8 Å². The fourth-order valence-corrected chi connectivity index (χ4v) is 0.889. The van der Waals surface area contributed by atoms with Gasteiger partial charge in [0.1, 0.15) is 12.2 Å². The highest BCUT2D eigenvalue weighted by atomic mass is 16.8. The molecule has 0 aromatic rings. The van der Waals surface area contributed by atoms with Crippen LogP contribution < -0.4 is 0 Å². The van der Waals surface area contributed by atoms with Gasteiger partial charge in [-0.2, -0.15) is 0 Å². The number of carbonyl (C=O) groups is 2. The molecule has 6 nitrogen and oxygen atoms in total. The van der Waals surface area contributed by atoms with E-state index in [-0.39, 0.29) is 0 Å². The van der Waals surface area contributed by atoms with Gasteiger partial charge < -0.3 is 18.7 Å². The smallest absolute Gasteiger partial charge is 0.483 e. The number of esters is 1. The molecule has 1 aliphatic rings. The lowest BCUT2D eigenvalue weighted by Crippen LogP contribution is -2.32. The van der Waals surface area contributed by atoms with Crippen molar-refractivity contribution in [3.8, 4) is 0 Å². The Balaban J connectivity index is 2.39. The van der Waals surface area contributed by atoms with Gasteiger partial charge in [0.25, 0.3) is 0 Å². The predicted octanol–water partition coefficient (Wildman–Crippen LogP) is -0.489. The van der Waals surface area contributed by atoms with E-state index in [4.69, 9.17) is 9.31 Å². The Labute approximate surface area is 81.6 Å². The van der Waals surface area contributed by atoms with Gasteiger partial charge >= 0.3 is 19.3 Å². The van der Waals surface area contributed by atoms with Crippen LogP contribution in [0.15, 0.2) is 0 Å². The summed E-state index contributed by atoms with van der Waals surface area (Å²) in [5.41, 5.74) is 0. The lowest BCUT2D eigenvalue weighted by molar-refractivity contribution is -0.149. The predicted molar refractivity (Wildman–Crippen MR) is 45.0 cm³/mol. The average Bonchev–Trinajstić information content (AvgIpc) is 2.44. The van der Waals surface area contributed by atoms with Crippen molar-refractivity contribution in [1.82, 2.24) is 0 Å². The molecule has 1 aliphatic heterocycles. The molecule has 2 atom stereocenters. The number of rotatable bonds is 3. The third kappa shape index (κ3) is 2.46. The van der Waals surface area contributed by atoms with E-state index >= 15 is 0 Å². The van der Waals surface area contributed by atoms with E-state index in [9.17, 15) is 9.59 Å². The minimum atomic E-state index is -1.12. The third-order valence-electron chi connectivity index (χ3n) is 1.71. The molecule has 0 N–H and O–H groups in total. The average molecular weight is 202 g/mol. The maximum Gasteiger partial charge on any atom is 0.716 e. The van der Waals surface area contributed by atoms with Crippen LogP contribution in [0.2, 0.25) is 0 Å². The van der Waals surface area contributed by atoms with Crippen LogP contribution in [0.4, 0.5) is 0 Å². The van der Waals surface area contributed by atoms with Crippen LogP contribution in [0.1, 0.15) is 13.8 Å². The molecular formula is C7H11BO6. The Hall–Kier alpha value is -1.08. The molecule has 1 heterocycles. The van der Waals surface area contributed by atoms with Crippen LogP contribution in [0.3, 0.4) is 0 Å². The van der Waals surface area contributed by atoms with Gasteiger partial charge in [-0.3, -0.25) is 4.79 Å². The molecule has 0 bridgehead atoms. The molecule has 0 aromatic heterocycles. The molecular weight excluding hydrogens is 191 g/mol. The summed E-state index contributed by atoms with van der Waals surface area (Å²) in [5, 5.41) is 0. The number of hydrogen-bond donors (Lipinski definition) is 0. The molecule has 7 heteroatoms. The lowest BCUT2D eigenvalue weighted by Gasteiger charge is -2.10. The maximum atomic E-state index is 10.9. The molecule has 0 amide bonds. The summed E-state index contributed by atoms with van der Waals surface area (Å²) >= 11 is 0. The quantitative estimate of drug-likeness (QED) is 0.454. The summed E-state index contributed by atoms with van der Waals surface area (Å²) in [6.45, 7) is 3.01. The standard InChI is InChI=1S/C7H11BO6/c1-4(6(9)11-3)12-8-13-5(2)7(10)14-8/h4-5H,1-3H3. The topological polar surface area (TPSA) is 71.1 Å². The van der Waals surface area contributed by atoms with Crippen molar-refractivity contribution in [1.29, 1.82) is 0 Å². The van der Waals surface area contributed by atoms with E-state index in [1.165, 1.54) is 21.0 Å². The van der Waals surface area contributed by atoms with Crippen molar-refractivity contribution in [3.63, 3.8) is 0 Å². The first-order valence-corrected chi connectivity index (χ1v) is 4.14. The maximum absolute atomic E-state index is 10.9. The van der Waals surface area contributed by atoms with Gasteiger partial charge in [-0.15, -0.1) is 0 Å². The second kappa shape index (κ2) is 4.43. The first-order valence-electron chi connectivity index (χ1n) is 4.14. The van der Waals surface area contributed by atoms with E-state index < -0.39 is 31.5 Å². The summed E-state index contributed by atoms with van der Waals surface area (Å²) in [5.74, 6) is -1.06. The summed E-state index contributed by atoms with van der Waals surface area (Å²) < 4.78 is 19.0. The van der Waals surface area contributed by atoms with Crippen molar-refractivity contribution in [2.24, 2.45) is 0 Å². The number of carbonyl (C=O) groups excluding carboxylic acids is 2. The second-order valence-corrected chi connectivity index (χ2v) is 2.81. The van der Waals surface area contributed by atoms with Crippen LogP contribution in [-0.2, 0) is 28.3 Å². The number of ether oxygens (including phenoxy) is 1. The van der Waals surface area contributed by atoms with E-state index in [1.54, 1.807) is 0 Å². The third-order valence-corrected chi connectivity index (χ3v) is 1.71. The van der Waals surface area contributed by atoms with Crippen molar-refractivity contribution >= 4 is 19.3 Å². The Bertz CT molecular complexity index is 242. The van der Waals surface area contributed by atoms with Gasteiger partial charge in [0.05, 0.1) is 7.11 Å². The van der Waals surface area contributed by atoms with Crippen LogP contribution >= 0.6 is 0 Å². The molecule has 0 aromatic carbocycles. The van der Waals surface area contributed by atoms with Crippen molar-refractivity contribution in [3.05, 3.63) is 0 Å². The Morgan fingerprint density at radius 3 is 2.71 bits per heavy atom. The minimum Gasteiger partial charge on any atom is -0.483 e. The first kappa shape index (κ1) is 11.0. The number of hydrogen-bond acceptors (Lipinski definition) is 6. The van der Waals surface area contributed by atoms with Gasteiger partial charge in [-0.25, -0.2) is 4.79 Å². The largest absolute Gasteiger partial charge is 0.716 e. The zero-order valence-electron chi connectivity index (χ0n) is 8.18. The van der Waals surface area contributed by atoms with Gasteiger partial charge in [0.2, 0.25) is 0 Å². The highest BCUT2D eigenvalue weighted by Crippen LogP contribution is 2.12. The normalized spacial score (nSPS) is 23.2. The highest BCUT2D eigenvalue weighted by molar-refractivity contribution is 6.42. The van der Waals surface area contributed by atoms with Crippen molar-refractivity contribution < 1.29 is 28.3 Å². The zero-order chi connectivity index (χ0) is 10.7. The molecule has 0 aliphatic carbocycles. The second-order valence-electron chi connectivity index (χ2n) is 2.81. The molecule has 0 saturated carbocycles. The van der Waals surface area contributed by atoms with Gasteiger partial charge in [0.15, 0.2) is 0 Å². The summed E-state index contributed by atoms with van der Waals surface area (Å²) in [6, 6.07) is 0. The SMILES string of the molecule is COC(=O)C(C)OB1OC(=O)C(C)O1. The zero-order valence-corrected chi connectivity index (χ0v) is 8.18. The lowest BCUT2D eigenvalue weighted by atomic mass is 10.2. The molecule has 1 rings (SSSR count). The van der Waals surface area contributed by atoms with Gasteiger partial charge in [-0.1, -0.05) is 0 Å². The summed E-state index contributed by atoms with van der Waals surface area (Å²) in [4.78, 5) is 21.8. The van der Waals surface area contributed by atoms with Crippen molar-refractivity contribution in [2.75, 3.05) is 7.11 Å². The molecule has 14 heavy (non-hydrogen) atoms. The fourth-order valence-electron chi connectivity index (χ4n) is 0.889. The molecule has 1 saturated heterocycles. The molecule has 1 fully saturated rings. The van der Waals surface area contributed by atoms with Crippen molar-refractivity contribution in [2.45, 2.75) is 26.1 Å². The monoisotopic (exact) mass is 202 g/mol. The van der Waals surface area contributed by atoms with Crippen LogP contribution in [-0.4, -0.2) is 38.6 Å². The van der Waals surface area contributed by atoms with Crippen LogP contribution in [0.25, 0.3) is 0 Å². The highest BCUT2D eigenvalue weighted by Gasteiger charge is 2.42. The molecule has 78 valence electrons. The Morgan fingerprint density at radius 1 is 1.64 bits per heavy atom. The minimum absolute atomic E-state index is 0.507. The Kier molecular flexibility index (Phi) is 3.48. The molecule has 0 spiro atoms. The van der Waals surface area contributed by atoms with E-state index in [0.717, 1.165) is 0 Å². The summed E-state index contributed by atoms with van der Waals surface area (Å²) in [7, 11) is 0.124. The molecule has 0 radical (unpaired) electrons. The first-order chi connectivity index (χ1) is 6.54. The summed E-state index contributed by atoms with van der Waals surface area (Å²) in [6.07, 6.45) is -1.49. The molecule has 2 unspecified atom stereocenters. The van der Waals surface area contributed by atoms with Gasteiger partial charge in [0, 0.05) is 0 Å². The van der Waals surface area contributed by atoms with E-state index in [2.05, 4.69) is 9.39 Å². The number of methoxy groups -OCH3 is 1. The van der Waals surface area contributed by atoms with Crippen LogP contribution in [0, 0.1) is 0 Å². The fraction of sp³-hybridized carbons (Fsp3) is 0.714. The Morgan fingerprint density at radius 2 is 2.29 bits per heavy atom. The van der Waals surface area contributed by atoms with Crippen LogP contribution in [0.5, 0.6) is 0 Å². The van der Waals surface area contributed by atoms with E-state index in [0.29, 0.717) is 0 Å². The van der Waals surface area contributed by atoms with E-state index in [1.807, 2.05) is 0 Å².